The summed E-state index contributed by atoms with van der Waals surface area (Å²) in [5, 5.41) is 0. The Labute approximate surface area is 202 Å². The van der Waals surface area contributed by atoms with Crippen LogP contribution in [0, 0.1) is 5.92 Å². The highest BCUT2D eigenvalue weighted by Gasteiger charge is 2.72. The third-order valence-electron chi connectivity index (χ3n) is 8.17. The van der Waals surface area contributed by atoms with E-state index in [1.807, 2.05) is 25.2 Å². The maximum Gasteiger partial charge on any atom is 0.410 e. The zero-order valence-corrected chi connectivity index (χ0v) is 20.9. The predicted octanol–water partition coefficient (Wildman–Crippen LogP) is 3.42. The molecule has 4 fully saturated rings. The lowest BCUT2D eigenvalue weighted by atomic mass is 9.68. The molecule has 1 spiro atoms. The van der Waals surface area contributed by atoms with Crippen LogP contribution in [0.4, 0.5) is 10.6 Å². The van der Waals surface area contributed by atoms with Gasteiger partial charge < -0.3 is 28.7 Å². The lowest BCUT2D eigenvalue weighted by Crippen LogP contribution is -2.62. The van der Waals surface area contributed by atoms with Gasteiger partial charge in [-0.3, -0.25) is 0 Å². The van der Waals surface area contributed by atoms with Gasteiger partial charge in [-0.2, -0.15) is 0 Å². The first-order valence-electron chi connectivity index (χ1n) is 12.3. The van der Waals surface area contributed by atoms with E-state index in [4.69, 9.17) is 18.9 Å². The fourth-order valence-electron chi connectivity index (χ4n) is 5.87. The first-order valence-corrected chi connectivity index (χ1v) is 12.3. The third-order valence-corrected chi connectivity index (χ3v) is 8.17. The van der Waals surface area contributed by atoms with Crippen molar-refractivity contribution in [2.24, 2.45) is 5.92 Å². The number of hydrogen-bond donors (Lipinski definition) is 0. The van der Waals surface area contributed by atoms with Crippen molar-refractivity contribution in [3.05, 3.63) is 36.0 Å². The highest BCUT2D eigenvalue weighted by atomic mass is 16.6. The Kier molecular flexibility index (Phi) is 6.11. The van der Waals surface area contributed by atoms with E-state index in [-0.39, 0.29) is 47.6 Å². The zero-order valence-electron chi connectivity index (χ0n) is 20.9. The van der Waals surface area contributed by atoms with Crippen LogP contribution in [0.25, 0.3) is 0 Å². The quantitative estimate of drug-likeness (QED) is 0.445. The molecule has 1 aromatic rings. The Hall–Kier alpha value is -2.16. The van der Waals surface area contributed by atoms with Gasteiger partial charge in [0.25, 0.3) is 0 Å². The van der Waals surface area contributed by atoms with Gasteiger partial charge in [-0.15, -0.1) is 0 Å². The van der Waals surface area contributed by atoms with Crippen molar-refractivity contribution in [3.63, 3.8) is 0 Å². The van der Waals surface area contributed by atoms with Gasteiger partial charge in [-0.25, -0.2) is 9.78 Å². The molecule has 6 atom stereocenters. The number of rotatable bonds is 7. The minimum Gasteiger partial charge on any atom is -0.443 e. The molecule has 0 N–H and O–H groups in total. The minimum atomic E-state index is -0.332. The molecule has 4 aliphatic rings. The number of epoxide rings is 2. The van der Waals surface area contributed by atoms with E-state index in [2.05, 4.69) is 36.7 Å². The van der Waals surface area contributed by atoms with Crippen molar-refractivity contribution in [2.45, 2.75) is 75.6 Å². The lowest BCUT2D eigenvalue weighted by molar-refractivity contribution is -0.123. The van der Waals surface area contributed by atoms with Gasteiger partial charge in [0.15, 0.2) is 0 Å². The van der Waals surface area contributed by atoms with Gasteiger partial charge >= 0.3 is 6.09 Å². The van der Waals surface area contributed by atoms with E-state index in [0.29, 0.717) is 13.1 Å². The number of amides is 1. The molecule has 186 valence electrons. The van der Waals surface area contributed by atoms with Crippen LogP contribution in [-0.2, 0) is 18.9 Å². The standard InChI is InChI=1S/C26H37N3O5/c1-17(2)9-10-20-25(3,34-20)23-22(31-5)19(11-12-26(23)16-32-26)33-24(30)29-14-18(15-29)28(4)21-8-6-7-13-27-21/h6-9,13,18-20,22-23H,10-12,14-16H2,1-5H3/t19-,20-,22-,23?,25+,26+/m1/s1. The molecule has 1 aromatic heterocycles. The van der Waals surface area contributed by atoms with Crippen molar-refractivity contribution >= 4 is 11.9 Å². The molecule has 0 radical (unpaired) electrons. The number of likely N-dealkylation sites (N-methyl/N-ethyl adjacent to an activating group) is 1. The first kappa shape index (κ1) is 23.6. The van der Waals surface area contributed by atoms with Crippen molar-refractivity contribution < 1.29 is 23.7 Å². The smallest absolute Gasteiger partial charge is 0.410 e. The van der Waals surface area contributed by atoms with E-state index < -0.39 is 0 Å². The van der Waals surface area contributed by atoms with Crippen LogP contribution in [-0.4, -0.2) is 85.4 Å². The molecule has 4 heterocycles. The molecule has 3 saturated heterocycles. The summed E-state index contributed by atoms with van der Waals surface area (Å²) in [6.07, 6.45) is 5.78. The molecule has 1 unspecified atom stereocenters. The van der Waals surface area contributed by atoms with Gasteiger partial charge in [0.1, 0.15) is 29.2 Å². The third kappa shape index (κ3) is 4.20. The fourth-order valence-corrected chi connectivity index (χ4v) is 5.87. The number of hydrogen-bond acceptors (Lipinski definition) is 7. The Morgan fingerprint density at radius 1 is 1.35 bits per heavy atom. The summed E-state index contributed by atoms with van der Waals surface area (Å²) in [6.45, 7) is 8.34. The van der Waals surface area contributed by atoms with Crippen molar-refractivity contribution in [1.29, 1.82) is 0 Å². The molecular formula is C26H37N3O5. The SMILES string of the molecule is CO[C@H]1C([C@@]2(C)O[C@@H]2CC=C(C)C)[C@]2(CC[C@H]1OC(=O)N1CC(N(C)c3ccccn3)C1)CO2. The average Bonchev–Trinajstić information content (AvgIpc) is 3.70. The fraction of sp³-hybridized carbons (Fsp3) is 0.692. The number of ether oxygens (including phenoxy) is 4. The monoisotopic (exact) mass is 471 g/mol. The molecule has 34 heavy (non-hydrogen) atoms. The second-order valence-electron chi connectivity index (χ2n) is 10.7. The number of methoxy groups -OCH3 is 1. The summed E-state index contributed by atoms with van der Waals surface area (Å²) in [5.74, 6) is 0.941. The number of pyridine rings is 1. The normalized spacial score (nSPS) is 36.6. The van der Waals surface area contributed by atoms with Crippen LogP contribution in [0.1, 0.15) is 40.0 Å². The number of allylic oxidation sites excluding steroid dienone is 1. The number of carbonyl (C=O) groups is 1. The predicted molar refractivity (Wildman–Crippen MR) is 128 cm³/mol. The second-order valence-corrected chi connectivity index (χ2v) is 10.7. The second kappa shape index (κ2) is 8.81. The molecule has 1 aliphatic carbocycles. The molecule has 5 rings (SSSR count). The van der Waals surface area contributed by atoms with E-state index in [1.165, 1.54) is 5.57 Å². The molecule has 1 saturated carbocycles. The lowest BCUT2D eigenvalue weighted by Gasteiger charge is -2.46. The van der Waals surface area contributed by atoms with Crippen LogP contribution < -0.4 is 4.90 Å². The van der Waals surface area contributed by atoms with Gasteiger partial charge in [0.2, 0.25) is 0 Å². The van der Waals surface area contributed by atoms with Crippen molar-refractivity contribution in [2.75, 3.05) is 38.8 Å². The number of carbonyl (C=O) groups excluding carboxylic acids is 1. The number of anilines is 1. The van der Waals surface area contributed by atoms with E-state index in [1.54, 1.807) is 18.2 Å². The summed E-state index contributed by atoms with van der Waals surface area (Å²) in [4.78, 5) is 21.3. The van der Waals surface area contributed by atoms with Gasteiger partial charge in [0, 0.05) is 33.4 Å². The highest BCUT2D eigenvalue weighted by Crippen LogP contribution is 2.59. The number of likely N-dealkylation sites (tertiary alicyclic amines) is 1. The largest absolute Gasteiger partial charge is 0.443 e. The Morgan fingerprint density at radius 2 is 2.12 bits per heavy atom. The van der Waals surface area contributed by atoms with Gasteiger partial charge in [-0.05, 0) is 52.2 Å². The summed E-state index contributed by atoms with van der Waals surface area (Å²) < 4.78 is 24.3. The van der Waals surface area contributed by atoms with Crippen LogP contribution in [0.15, 0.2) is 36.0 Å². The Balaban J connectivity index is 1.21. The summed E-state index contributed by atoms with van der Waals surface area (Å²) in [6, 6.07) is 6.09. The number of nitrogens with zero attached hydrogens (tertiary/aromatic N) is 3. The van der Waals surface area contributed by atoms with E-state index >= 15 is 0 Å². The molecule has 8 heteroatoms. The maximum absolute atomic E-state index is 13.0. The molecule has 0 aromatic carbocycles. The van der Waals surface area contributed by atoms with E-state index in [9.17, 15) is 4.79 Å². The van der Waals surface area contributed by atoms with Crippen molar-refractivity contribution in [1.82, 2.24) is 9.88 Å². The van der Waals surface area contributed by atoms with Gasteiger partial charge in [0.05, 0.1) is 24.7 Å². The summed E-state index contributed by atoms with van der Waals surface area (Å²) in [5.41, 5.74) is 0.739. The van der Waals surface area contributed by atoms with Crippen LogP contribution in [0.5, 0.6) is 0 Å². The van der Waals surface area contributed by atoms with Gasteiger partial charge in [-0.1, -0.05) is 17.7 Å². The molecule has 8 nitrogen and oxygen atoms in total. The van der Waals surface area contributed by atoms with Crippen LogP contribution in [0.2, 0.25) is 0 Å². The molecular weight excluding hydrogens is 434 g/mol. The average molecular weight is 472 g/mol. The topological polar surface area (TPSA) is 80.0 Å². The summed E-state index contributed by atoms with van der Waals surface area (Å²) >= 11 is 0. The summed E-state index contributed by atoms with van der Waals surface area (Å²) in [7, 11) is 3.72. The Morgan fingerprint density at radius 3 is 2.74 bits per heavy atom. The van der Waals surface area contributed by atoms with Crippen LogP contribution in [0.3, 0.4) is 0 Å². The molecule has 3 aliphatic heterocycles. The molecule has 0 bridgehead atoms. The van der Waals surface area contributed by atoms with E-state index in [0.717, 1.165) is 31.7 Å². The Bertz CT molecular complexity index is 926. The van der Waals surface area contributed by atoms with Crippen LogP contribution >= 0.6 is 0 Å². The van der Waals surface area contributed by atoms with Crippen molar-refractivity contribution in [3.8, 4) is 0 Å². The molecule has 1 amide bonds. The first-order chi connectivity index (χ1) is 16.3. The zero-order chi connectivity index (χ0) is 24.1. The highest BCUT2D eigenvalue weighted by molar-refractivity contribution is 5.69. The number of aromatic nitrogens is 1. The maximum atomic E-state index is 13.0. The minimum absolute atomic E-state index is 0.0338.